The lowest BCUT2D eigenvalue weighted by Gasteiger charge is -2.40. The number of allylic oxidation sites excluding steroid dienone is 1. The number of nitrogens with zero attached hydrogens (tertiary/aromatic N) is 2. The lowest BCUT2D eigenvalue weighted by molar-refractivity contribution is 0.214. The average molecular weight is 710 g/mol. The summed E-state index contributed by atoms with van der Waals surface area (Å²) in [5, 5.41) is 2.09. The molecule has 2 aliphatic carbocycles. The number of anilines is 1. The minimum atomic E-state index is -0.560. The number of fused-ring (bicyclic) bond motifs is 6. The molecule has 0 aromatic heterocycles. The molecule has 1 N–H and O–H groups in total. The SMILES string of the molecule is CC.CC.CN(C)NC(c1ccccc1)(c1ccccc1)c1ccc2c(c1)C=C(N1c3cc(-c4ccccc4)ccc3C3c4ccccc4CCC31)CC2. The zero-order chi connectivity index (χ0) is 37.7. The molecule has 2 atom stereocenters. The van der Waals surface area contributed by atoms with Gasteiger partial charge in [0, 0.05) is 37.4 Å². The van der Waals surface area contributed by atoms with Gasteiger partial charge in [-0.1, -0.05) is 167 Å². The highest BCUT2D eigenvalue weighted by atomic mass is 15.5. The van der Waals surface area contributed by atoms with Gasteiger partial charge in [-0.2, -0.15) is 0 Å². The molecule has 1 aliphatic heterocycles. The smallest absolute Gasteiger partial charge is 0.107 e. The van der Waals surface area contributed by atoms with Crippen molar-refractivity contribution in [2.24, 2.45) is 0 Å². The van der Waals surface area contributed by atoms with Crippen LogP contribution in [0.1, 0.15) is 91.0 Å². The molecule has 0 spiro atoms. The molecule has 1 heterocycles. The molecule has 0 fully saturated rings. The summed E-state index contributed by atoms with van der Waals surface area (Å²) in [4.78, 5) is 2.75. The van der Waals surface area contributed by atoms with Crippen molar-refractivity contribution in [2.75, 3.05) is 19.0 Å². The maximum absolute atomic E-state index is 3.90. The topological polar surface area (TPSA) is 18.5 Å². The van der Waals surface area contributed by atoms with Crippen molar-refractivity contribution < 1.29 is 0 Å². The molecule has 54 heavy (non-hydrogen) atoms. The molecule has 0 bridgehead atoms. The molecule has 0 saturated heterocycles. The molecule has 3 nitrogen and oxygen atoms in total. The molecule has 0 radical (unpaired) electrons. The Morgan fingerprint density at radius 2 is 1.19 bits per heavy atom. The molecule has 0 saturated carbocycles. The summed E-state index contributed by atoms with van der Waals surface area (Å²) < 4.78 is 0. The fourth-order valence-electron chi connectivity index (χ4n) is 9.07. The molecular weight excluding hydrogens is 655 g/mol. The largest absolute Gasteiger partial charge is 0.341 e. The molecule has 2 unspecified atom stereocenters. The summed E-state index contributed by atoms with van der Waals surface area (Å²) in [6.45, 7) is 8.00. The van der Waals surface area contributed by atoms with Crippen molar-refractivity contribution in [1.82, 2.24) is 10.4 Å². The predicted molar refractivity (Wildman–Crippen MR) is 230 cm³/mol. The van der Waals surface area contributed by atoms with E-state index >= 15 is 0 Å². The highest BCUT2D eigenvalue weighted by molar-refractivity contribution is 5.79. The third-order valence-corrected chi connectivity index (χ3v) is 11.2. The van der Waals surface area contributed by atoms with E-state index in [1.54, 1.807) is 0 Å². The second kappa shape index (κ2) is 16.4. The van der Waals surface area contributed by atoms with E-state index in [1.165, 1.54) is 67.0 Å². The van der Waals surface area contributed by atoms with Gasteiger partial charge in [0.15, 0.2) is 0 Å². The second-order valence-electron chi connectivity index (χ2n) is 14.3. The Balaban J connectivity index is 0.00000109. The van der Waals surface area contributed by atoms with Gasteiger partial charge in [0.05, 0.1) is 0 Å². The van der Waals surface area contributed by atoms with E-state index < -0.39 is 5.54 Å². The molecule has 274 valence electrons. The van der Waals surface area contributed by atoms with Gasteiger partial charge >= 0.3 is 0 Å². The Kier molecular flexibility index (Phi) is 11.3. The molecule has 3 heteroatoms. The van der Waals surface area contributed by atoms with Gasteiger partial charge in [0.25, 0.3) is 0 Å². The Morgan fingerprint density at radius 1 is 0.556 bits per heavy atom. The summed E-state index contributed by atoms with van der Waals surface area (Å²) >= 11 is 0. The lowest BCUT2D eigenvalue weighted by atomic mass is 9.76. The van der Waals surface area contributed by atoms with Crippen molar-refractivity contribution in [2.45, 2.75) is 70.9 Å². The van der Waals surface area contributed by atoms with E-state index in [0.717, 1.165) is 25.7 Å². The number of hydrazine groups is 1. The van der Waals surface area contributed by atoms with Crippen molar-refractivity contribution in [3.8, 4) is 11.1 Å². The van der Waals surface area contributed by atoms with Crippen molar-refractivity contribution >= 4 is 11.8 Å². The summed E-state index contributed by atoms with van der Waals surface area (Å²) in [5.74, 6) is 0.376. The maximum Gasteiger partial charge on any atom is 0.107 e. The Bertz CT molecular complexity index is 2150. The number of aryl methyl sites for hydroxylation is 2. The van der Waals surface area contributed by atoms with Gasteiger partial charge in [-0.25, -0.2) is 10.4 Å². The first-order chi connectivity index (χ1) is 26.6. The third kappa shape index (κ3) is 6.72. The highest BCUT2D eigenvalue weighted by Crippen LogP contribution is 2.53. The van der Waals surface area contributed by atoms with Crippen LogP contribution in [0.25, 0.3) is 17.2 Å². The van der Waals surface area contributed by atoms with Crippen LogP contribution in [0.15, 0.2) is 157 Å². The van der Waals surface area contributed by atoms with Crippen LogP contribution in [0, 0.1) is 0 Å². The lowest BCUT2D eigenvalue weighted by Crippen LogP contribution is -2.51. The number of benzene rings is 6. The predicted octanol–water partition coefficient (Wildman–Crippen LogP) is 12.0. The molecule has 6 aromatic carbocycles. The fraction of sp³-hybridized carbons (Fsp3) is 0.255. The quantitative estimate of drug-likeness (QED) is 0.131. The first kappa shape index (κ1) is 37.1. The summed E-state index contributed by atoms with van der Waals surface area (Å²) in [5.41, 5.74) is 19.6. The summed E-state index contributed by atoms with van der Waals surface area (Å²) in [6.07, 6.45) is 6.85. The molecule has 9 rings (SSSR count). The van der Waals surface area contributed by atoms with E-state index in [9.17, 15) is 0 Å². The maximum atomic E-state index is 3.90. The summed E-state index contributed by atoms with van der Waals surface area (Å²) in [6, 6.07) is 56.6. The van der Waals surface area contributed by atoms with Crippen LogP contribution in [-0.2, 0) is 18.4 Å². The van der Waals surface area contributed by atoms with Crippen LogP contribution in [0.2, 0.25) is 0 Å². The molecule has 6 aromatic rings. The highest BCUT2D eigenvalue weighted by Gasteiger charge is 2.44. The minimum Gasteiger partial charge on any atom is -0.341 e. The van der Waals surface area contributed by atoms with E-state index in [-0.39, 0.29) is 0 Å². The van der Waals surface area contributed by atoms with E-state index in [1.807, 2.05) is 27.7 Å². The van der Waals surface area contributed by atoms with Crippen LogP contribution in [0.3, 0.4) is 0 Å². The van der Waals surface area contributed by atoms with Gasteiger partial charge in [0.2, 0.25) is 0 Å². The average Bonchev–Trinajstić information content (AvgIpc) is 3.59. The first-order valence-corrected chi connectivity index (χ1v) is 20.1. The Labute approximate surface area is 324 Å². The van der Waals surface area contributed by atoms with Crippen molar-refractivity contribution in [1.29, 1.82) is 0 Å². The molecule has 0 amide bonds. The monoisotopic (exact) mass is 709 g/mol. The van der Waals surface area contributed by atoms with Gasteiger partial charge in [-0.15, -0.1) is 0 Å². The normalized spacial score (nSPS) is 16.7. The standard InChI is InChI=1S/C47H43N3.2C2H6/c1-49(2)48-47(38-17-8-4-9-18-38,39-19-10-5-11-20-39)40-26-22-34-23-27-41(31-37(34)30-40)50-44-29-25-35-16-12-13-21-42(35)46(44)43-28-24-36(32-45(43)50)33-14-6-3-7-15-33;2*1-2/h3-22,24,26,28,30-32,44,46,48H,23,25,27,29H2,1-2H3;2*1-2H3. The Morgan fingerprint density at radius 3 is 1.85 bits per heavy atom. The number of hydrogen-bond acceptors (Lipinski definition) is 3. The zero-order valence-corrected chi connectivity index (χ0v) is 32.9. The van der Waals surface area contributed by atoms with E-state index in [0.29, 0.717) is 12.0 Å². The number of nitrogens with one attached hydrogen (secondary N) is 1. The van der Waals surface area contributed by atoms with Gasteiger partial charge in [0.1, 0.15) is 5.54 Å². The van der Waals surface area contributed by atoms with E-state index in [4.69, 9.17) is 0 Å². The van der Waals surface area contributed by atoms with Gasteiger partial charge < -0.3 is 4.90 Å². The third-order valence-electron chi connectivity index (χ3n) is 11.2. The van der Waals surface area contributed by atoms with Crippen LogP contribution < -0.4 is 10.3 Å². The van der Waals surface area contributed by atoms with Crippen molar-refractivity contribution in [3.05, 3.63) is 202 Å². The van der Waals surface area contributed by atoms with Crippen molar-refractivity contribution in [3.63, 3.8) is 0 Å². The number of rotatable bonds is 7. The molecule has 3 aliphatic rings. The summed E-state index contributed by atoms with van der Waals surface area (Å²) in [7, 11) is 4.18. The minimum absolute atomic E-state index is 0.376. The van der Waals surface area contributed by atoms with Crippen LogP contribution in [-0.4, -0.2) is 25.1 Å². The number of hydrogen-bond donors (Lipinski definition) is 1. The first-order valence-electron chi connectivity index (χ1n) is 20.1. The van der Waals surface area contributed by atoms with E-state index in [2.05, 4.69) is 187 Å². The fourth-order valence-corrected chi connectivity index (χ4v) is 9.07. The Hall–Kier alpha value is -5.22. The zero-order valence-electron chi connectivity index (χ0n) is 32.9. The second-order valence-corrected chi connectivity index (χ2v) is 14.3. The van der Waals surface area contributed by atoms with Crippen LogP contribution in [0.5, 0.6) is 0 Å². The van der Waals surface area contributed by atoms with Crippen LogP contribution >= 0.6 is 0 Å². The van der Waals surface area contributed by atoms with Gasteiger partial charge in [-0.3, -0.25) is 0 Å². The van der Waals surface area contributed by atoms with Gasteiger partial charge in [-0.05, 0) is 99.5 Å². The molecular formula is C51H55N3. The van der Waals surface area contributed by atoms with Crippen LogP contribution in [0.4, 0.5) is 5.69 Å².